The zero-order chi connectivity index (χ0) is 6.99. The van der Waals surface area contributed by atoms with E-state index in [1.165, 1.54) is 0 Å². The second-order valence-corrected chi connectivity index (χ2v) is 1.02. The maximum absolute atomic E-state index is 8.17. The van der Waals surface area contributed by atoms with E-state index in [0.717, 1.165) is 0 Å². The van der Waals surface area contributed by atoms with Crippen LogP contribution in [0, 0.1) is 0 Å². The van der Waals surface area contributed by atoms with Crippen LogP contribution in [0.25, 0.3) is 0 Å². The molecule has 60 valence electrons. The monoisotopic (exact) mass is 161 g/mol. The normalized spacial score (nSPS) is 7.33. The molecule has 0 spiro atoms. The molecule has 0 rings (SSSR count). The summed E-state index contributed by atoms with van der Waals surface area (Å²) in [5, 5.41) is 30.5. The van der Waals surface area contributed by atoms with Gasteiger partial charge in [-0.1, -0.05) is 0 Å². The van der Waals surface area contributed by atoms with E-state index in [9.17, 15) is 0 Å². The second kappa shape index (κ2) is 15.7. The van der Waals surface area contributed by atoms with E-state index in [1.54, 1.807) is 0 Å². The Kier molecular flexibility index (Phi) is 28.0. The highest BCUT2D eigenvalue weighted by Gasteiger charge is 1.93. The molecule has 6 heteroatoms. The highest BCUT2D eigenvalue weighted by Crippen LogP contribution is 1.71. The predicted molar refractivity (Wildman–Crippen MR) is 33.4 cm³/mol. The van der Waals surface area contributed by atoms with Gasteiger partial charge in [-0.25, -0.2) is 5.90 Å². The molecule has 9 heavy (non-hydrogen) atoms. The molecule has 0 saturated carbocycles. The lowest BCUT2D eigenvalue weighted by Crippen LogP contribution is -2.15. The van der Waals surface area contributed by atoms with Crippen molar-refractivity contribution in [3.05, 3.63) is 0 Å². The third-order valence-corrected chi connectivity index (χ3v) is 0.421. The Morgan fingerprint density at radius 1 is 1.11 bits per heavy atom. The molecule has 0 radical (unpaired) electrons. The molecule has 0 aliphatic rings. The van der Waals surface area contributed by atoms with Gasteiger partial charge in [-0.05, 0) is 0 Å². The second-order valence-electron chi connectivity index (χ2n) is 1.02. The smallest absolute Gasteiger partial charge is 0.100 e. The highest BCUT2D eigenvalue weighted by molar-refractivity contribution is 5.85. The molecule has 0 aromatic rings. The van der Waals surface area contributed by atoms with Gasteiger partial charge in [0.2, 0.25) is 0 Å². The number of aliphatic hydroxyl groups excluding tert-OH is 3. The van der Waals surface area contributed by atoms with Crippen molar-refractivity contribution >= 4 is 12.4 Å². The van der Waals surface area contributed by atoms with E-state index in [4.69, 9.17) is 20.5 Å². The van der Waals surface area contributed by atoms with Gasteiger partial charge in [0.15, 0.2) is 0 Å². The molecule has 5 nitrogen and oxygen atoms in total. The van der Waals surface area contributed by atoms with E-state index in [0.29, 0.717) is 0 Å². The van der Waals surface area contributed by atoms with Crippen molar-refractivity contribution in [3.8, 4) is 0 Å². The molecule has 0 unspecified atom stereocenters. The Morgan fingerprint density at radius 2 is 1.33 bits per heavy atom. The number of halogens is 1. The zero-order valence-electron chi connectivity index (χ0n) is 4.77. The fourth-order valence-corrected chi connectivity index (χ4v) is 0.0577. The summed E-state index contributed by atoms with van der Waals surface area (Å²) in [7, 11) is 0. The minimum atomic E-state index is -0.954. The van der Waals surface area contributed by atoms with Gasteiger partial charge >= 0.3 is 0 Å². The lowest BCUT2D eigenvalue weighted by Gasteiger charge is -1.96. The van der Waals surface area contributed by atoms with Crippen LogP contribution < -0.4 is 5.90 Å². The van der Waals surface area contributed by atoms with Crippen LogP contribution >= 0.6 is 12.4 Å². The Balaban J connectivity index is -0.000000109. The van der Waals surface area contributed by atoms with Crippen LogP contribution in [-0.2, 0) is 0 Å². The van der Waals surface area contributed by atoms with Crippen molar-refractivity contribution in [2.75, 3.05) is 13.2 Å². The summed E-state index contributed by atoms with van der Waals surface area (Å²) >= 11 is 0. The molecule has 0 heterocycles. The van der Waals surface area contributed by atoms with Crippen molar-refractivity contribution in [1.29, 1.82) is 0 Å². The molecule has 0 atom stereocenters. The number of nitrogens with two attached hydrogens (primary N) is 1. The Bertz CT molecular complexity index is 35.0. The lowest BCUT2D eigenvalue weighted by molar-refractivity contribution is 0.0450. The van der Waals surface area contributed by atoms with Crippen LogP contribution in [0.15, 0.2) is 0 Å². The first kappa shape index (κ1) is 16.0. The maximum atomic E-state index is 8.17. The first-order chi connectivity index (χ1) is 3.81. The lowest BCUT2D eigenvalue weighted by atomic mass is 10.4. The SMILES string of the molecule is Cl.NO.OCC(O)CO. The Labute approximate surface area is 59.1 Å². The topological polar surface area (TPSA) is 107 Å². The predicted octanol–water partition coefficient (Wildman–Crippen LogP) is -1.91. The maximum Gasteiger partial charge on any atom is 0.100 e. The van der Waals surface area contributed by atoms with Gasteiger partial charge in [0.05, 0.1) is 13.2 Å². The van der Waals surface area contributed by atoms with Gasteiger partial charge in [0.25, 0.3) is 0 Å². The summed E-state index contributed by atoms with van der Waals surface area (Å²) in [6.07, 6.45) is -0.954. The fraction of sp³-hybridized carbons (Fsp3) is 1.00. The third-order valence-electron chi connectivity index (χ3n) is 0.421. The first-order valence-corrected chi connectivity index (χ1v) is 1.97. The van der Waals surface area contributed by atoms with Gasteiger partial charge in [0.1, 0.15) is 6.10 Å². The summed E-state index contributed by atoms with van der Waals surface area (Å²) < 4.78 is 0. The van der Waals surface area contributed by atoms with Crippen LogP contribution in [0.2, 0.25) is 0 Å². The Morgan fingerprint density at radius 3 is 1.33 bits per heavy atom. The molecule has 0 amide bonds. The molecular weight excluding hydrogens is 149 g/mol. The summed E-state index contributed by atoms with van der Waals surface area (Å²) in [6, 6.07) is 0. The van der Waals surface area contributed by atoms with Crippen LogP contribution in [0.5, 0.6) is 0 Å². The van der Waals surface area contributed by atoms with E-state index in [-0.39, 0.29) is 25.6 Å². The van der Waals surface area contributed by atoms with Gasteiger partial charge in [-0.15, -0.1) is 12.4 Å². The molecule has 6 N–H and O–H groups in total. The molecule has 0 aliphatic heterocycles. The minimum Gasteiger partial charge on any atom is -0.394 e. The van der Waals surface area contributed by atoms with Crippen molar-refractivity contribution in [2.45, 2.75) is 6.10 Å². The number of aliphatic hydroxyl groups is 3. The average Bonchev–Trinajstić information content (AvgIpc) is 1.91. The Hall–Kier alpha value is 0.0900. The quantitative estimate of drug-likeness (QED) is 0.304. The molecule has 0 aliphatic carbocycles. The van der Waals surface area contributed by atoms with Crippen molar-refractivity contribution < 1.29 is 20.5 Å². The highest BCUT2D eigenvalue weighted by atomic mass is 35.5. The molecule has 0 aromatic carbocycles. The largest absolute Gasteiger partial charge is 0.394 e. The van der Waals surface area contributed by atoms with Crippen LogP contribution in [-0.4, -0.2) is 39.8 Å². The molecule has 0 bridgehead atoms. The standard InChI is InChI=1S/C3H8O3.ClH.H3NO/c4-1-3(6)2-5;;1-2/h3-6H,1-2H2;1H;2H,1H2. The van der Waals surface area contributed by atoms with Gasteiger partial charge in [-0.2, -0.15) is 0 Å². The summed E-state index contributed by atoms with van der Waals surface area (Å²) in [5.41, 5.74) is 0. The molecular formula is C3H12ClNO4. The van der Waals surface area contributed by atoms with Crippen molar-refractivity contribution in [3.63, 3.8) is 0 Å². The van der Waals surface area contributed by atoms with Crippen LogP contribution in [0.4, 0.5) is 0 Å². The van der Waals surface area contributed by atoms with Gasteiger partial charge < -0.3 is 20.5 Å². The number of hydrogen-bond acceptors (Lipinski definition) is 5. The van der Waals surface area contributed by atoms with E-state index in [1.807, 2.05) is 0 Å². The number of rotatable bonds is 2. The van der Waals surface area contributed by atoms with Crippen molar-refractivity contribution in [1.82, 2.24) is 0 Å². The minimum absolute atomic E-state index is 0. The van der Waals surface area contributed by atoms with Gasteiger partial charge in [0, 0.05) is 0 Å². The molecule has 0 saturated heterocycles. The fourth-order valence-electron chi connectivity index (χ4n) is 0.0577. The number of hydrogen-bond donors (Lipinski definition) is 5. The van der Waals surface area contributed by atoms with Gasteiger partial charge in [-0.3, -0.25) is 0 Å². The van der Waals surface area contributed by atoms with E-state index in [2.05, 4.69) is 5.90 Å². The third kappa shape index (κ3) is 17.9. The van der Waals surface area contributed by atoms with Crippen molar-refractivity contribution in [2.24, 2.45) is 5.90 Å². The summed E-state index contributed by atoms with van der Waals surface area (Å²) in [6.45, 7) is -0.729. The summed E-state index contributed by atoms with van der Waals surface area (Å²) in [4.78, 5) is 0. The summed E-state index contributed by atoms with van der Waals surface area (Å²) in [5.74, 6) is 3.50. The first-order valence-electron chi connectivity index (χ1n) is 1.97. The van der Waals surface area contributed by atoms with E-state index >= 15 is 0 Å². The van der Waals surface area contributed by atoms with E-state index < -0.39 is 6.10 Å². The average molecular weight is 162 g/mol. The zero-order valence-corrected chi connectivity index (χ0v) is 5.58. The van der Waals surface area contributed by atoms with Crippen LogP contribution in [0.1, 0.15) is 0 Å². The van der Waals surface area contributed by atoms with Crippen LogP contribution in [0.3, 0.4) is 0 Å². The molecule has 0 fully saturated rings. The molecule has 0 aromatic heterocycles.